The zero-order valence-corrected chi connectivity index (χ0v) is 16.6. The van der Waals surface area contributed by atoms with Crippen molar-refractivity contribution in [2.24, 2.45) is 0 Å². The fourth-order valence-corrected chi connectivity index (χ4v) is 4.25. The lowest BCUT2D eigenvalue weighted by molar-refractivity contribution is 0.300. The molecule has 2 aromatic carbocycles. The first-order chi connectivity index (χ1) is 12.6. The van der Waals surface area contributed by atoms with Crippen molar-refractivity contribution in [3.8, 4) is 11.5 Å². The number of hydrogen-bond donors (Lipinski definition) is 3. The van der Waals surface area contributed by atoms with Crippen LogP contribution in [-0.4, -0.2) is 21.2 Å². The number of hydrogen-bond acceptors (Lipinski definition) is 3. The van der Waals surface area contributed by atoms with E-state index in [0.29, 0.717) is 29.0 Å². The molecular weight excluding hydrogens is 394 g/mol. The van der Waals surface area contributed by atoms with Crippen molar-refractivity contribution in [1.82, 2.24) is 0 Å². The van der Waals surface area contributed by atoms with Gasteiger partial charge in [-0.05, 0) is 59.2 Å². The van der Waals surface area contributed by atoms with E-state index in [9.17, 15) is 14.1 Å². The number of phenolic OH excluding ortho intramolecular Hbond substituents is 1. The SMILES string of the molecule is CC(C)c1cc([C@H]2CCc3cc(OCP(=O)(O)O)cc(Cl)c32)c(F)cc1O. The van der Waals surface area contributed by atoms with Crippen LogP contribution in [0.25, 0.3) is 0 Å². The van der Waals surface area contributed by atoms with Crippen LogP contribution in [0.5, 0.6) is 11.5 Å². The van der Waals surface area contributed by atoms with Gasteiger partial charge in [0.15, 0.2) is 6.35 Å². The third-order valence-corrected chi connectivity index (χ3v) is 5.56. The van der Waals surface area contributed by atoms with E-state index in [1.165, 1.54) is 6.07 Å². The van der Waals surface area contributed by atoms with Crippen molar-refractivity contribution >= 4 is 19.2 Å². The van der Waals surface area contributed by atoms with Crippen molar-refractivity contribution < 1.29 is 28.6 Å². The minimum Gasteiger partial charge on any atom is -0.508 e. The molecule has 3 rings (SSSR count). The molecule has 0 spiro atoms. The molecule has 5 nitrogen and oxygen atoms in total. The maximum absolute atomic E-state index is 14.6. The lowest BCUT2D eigenvalue weighted by Gasteiger charge is -2.19. The quantitative estimate of drug-likeness (QED) is 0.606. The maximum atomic E-state index is 14.6. The molecule has 146 valence electrons. The first-order valence-corrected chi connectivity index (χ1v) is 10.8. The predicted molar refractivity (Wildman–Crippen MR) is 101 cm³/mol. The molecule has 0 saturated carbocycles. The molecule has 0 fully saturated rings. The highest BCUT2D eigenvalue weighted by molar-refractivity contribution is 7.51. The molecule has 0 radical (unpaired) electrons. The smallest absolute Gasteiger partial charge is 0.362 e. The summed E-state index contributed by atoms with van der Waals surface area (Å²) < 4.78 is 30.7. The minimum absolute atomic E-state index is 0.0455. The highest BCUT2D eigenvalue weighted by atomic mass is 35.5. The molecule has 0 aromatic heterocycles. The number of phenols is 1. The Morgan fingerprint density at radius 1 is 1.30 bits per heavy atom. The number of aromatic hydroxyl groups is 1. The average molecular weight is 415 g/mol. The van der Waals surface area contributed by atoms with E-state index in [0.717, 1.165) is 17.2 Å². The second-order valence-corrected chi connectivity index (χ2v) is 9.09. The Labute approximate surface area is 161 Å². The molecule has 0 saturated heterocycles. The normalized spacial score (nSPS) is 16.6. The topological polar surface area (TPSA) is 87.0 Å². The maximum Gasteiger partial charge on any atom is 0.362 e. The van der Waals surface area contributed by atoms with E-state index in [1.807, 2.05) is 13.8 Å². The van der Waals surface area contributed by atoms with Crippen LogP contribution >= 0.6 is 19.2 Å². The van der Waals surface area contributed by atoms with E-state index in [2.05, 4.69) is 0 Å². The summed E-state index contributed by atoms with van der Waals surface area (Å²) in [5.41, 5.74) is 2.82. The van der Waals surface area contributed by atoms with Crippen LogP contribution in [0.3, 0.4) is 0 Å². The van der Waals surface area contributed by atoms with Gasteiger partial charge >= 0.3 is 7.60 Å². The van der Waals surface area contributed by atoms with E-state index in [-0.39, 0.29) is 23.3 Å². The Balaban J connectivity index is 1.98. The Morgan fingerprint density at radius 3 is 2.63 bits per heavy atom. The number of fused-ring (bicyclic) bond motifs is 1. The molecule has 0 unspecified atom stereocenters. The number of rotatable bonds is 5. The lowest BCUT2D eigenvalue weighted by Crippen LogP contribution is -2.04. The summed E-state index contributed by atoms with van der Waals surface area (Å²) in [7, 11) is -4.29. The fraction of sp³-hybridized carbons (Fsp3) is 0.368. The molecule has 1 aliphatic rings. The summed E-state index contributed by atoms with van der Waals surface area (Å²) in [6, 6.07) is 6.03. The third-order valence-electron chi connectivity index (χ3n) is 4.78. The van der Waals surface area contributed by atoms with Gasteiger partial charge in [0.05, 0.1) is 0 Å². The Hall–Kier alpha value is -1.59. The van der Waals surface area contributed by atoms with Crippen LogP contribution < -0.4 is 4.74 Å². The van der Waals surface area contributed by atoms with Crippen LogP contribution in [0, 0.1) is 5.82 Å². The van der Waals surface area contributed by atoms with Gasteiger partial charge in [-0.3, -0.25) is 4.57 Å². The first kappa shape index (κ1) is 20.2. The van der Waals surface area contributed by atoms with Gasteiger partial charge in [0.25, 0.3) is 0 Å². The van der Waals surface area contributed by atoms with E-state index in [1.54, 1.807) is 12.1 Å². The second-order valence-electron chi connectivity index (χ2n) is 7.09. The molecule has 1 aliphatic carbocycles. The average Bonchev–Trinajstić information content (AvgIpc) is 2.96. The van der Waals surface area contributed by atoms with Crippen molar-refractivity contribution in [2.45, 2.75) is 38.5 Å². The molecule has 3 N–H and O–H groups in total. The van der Waals surface area contributed by atoms with Crippen molar-refractivity contribution in [1.29, 1.82) is 0 Å². The van der Waals surface area contributed by atoms with Gasteiger partial charge < -0.3 is 19.6 Å². The van der Waals surface area contributed by atoms with Crippen LogP contribution in [0.1, 0.15) is 54.4 Å². The zero-order chi connectivity index (χ0) is 19.9. The standard InChI is InChI=1S/C19H21ClFO5P/c1-10(2)14-7-15(17(21)8-18(14)22)13-4-3-11-5-12(6-16(20)19(11)13)26-9-27(23,24)25/h5-8,10,13,22H,3-4,9H2,1-2H3,(H2,23,24,25)/t13-/m1/s1. The van der Waals surface area contributed by atoms with Gasteiger partial charge in [0, 0.05) is 17.0 Å². The number of ether oxygens (including phenoxy) is 1. The summed E-state index contributed by atoms with van der Waals surface area (Å²) in [6.45, 7) is 3.86. The van der Waals surface area contributed by atoms with E-state index < -0.39 is 19.8 Å². The van der Waals surface area contributed by atoms with Crippen molar-refractivity contribution in [3.63, 3.8) is 0 Å². The van der Waals surface area contributed by atoms with E-state index >= 15 is 0 Å². The van der Waals surface area contributed by atoms with Gasteiger partial charge in [-0.25, -0.2) is 4.39 Å². The van der Waals surface area contributed by atoms with Gasteiger partial charge in [0.1, 0.15) is 17.3 Å². The van der Waals surface area contributed by atoms with Gasteiger partial charge in [-0.15, -0.1) is 0 Å². The Bertz CT molecular complexity index is 925. The summed E-state index contributed by atoms with van der Waals surface area (Å²) in [5.74, 6) is -0.466. The molecule has 8 heteroatoms. The third kappa shape index (κ3) is 4.30. The molecule has 1 atom stereocenters. The van der Waals surface area contributed by atoms with Crippen LogP contribution in [0.15, 0.2) is 24.3 Å². The highest BCUT2D eigenvalue weighted by Gasteiger charge is 2.30. The predicted octanol–water partition coefficient (Wildman–Crippen LogP) is 4.90. The molecule has 0 heterocycles. The molecule has 27 heavy (non-hydrogen) atoms. The largest absolute Gasteiger partial charge is 0.508 e. The Kier molecular flexibility index (Phi) is 5.55. The minimum atomic E-state index is -4.29. The fourth-order valence-electron chi connectivity index (χ4n) is 3.57. The van der Waals surface area contributed by atoms with Crippen LogP contribution in [-0.2, 0) is 11.0 Å². The summed E-state index contributed by atoms with van der Waals surface area (Å²) in [5, 5.41) is 10.4. The zero-order valence-electron chi connectivity index (χ0n) is 14.9. The number of aryl methyl sites for hydroxylation is 1. The molecule has 0 aliphatic heterocycles. The molecular formula is C19H21ClFO5P. The van der Waals surface area contributed by atoms with Crippen molar-refractivity contribution in [2.75, 3.05) is 6.35 Å². The summed E-state index contributed by atoms with van der Waals surface area (Å²) >= 11 is 6.41. The summed E-state index contributed by atoms with van der Waals surface area (Å²) in [4.78, 5) is 17.9. The van der Waals surface area contributed by atoms with Gasteiger partial charge in [-0.1, -0.05) is 25.4 Å². The lowest BCUT2D eigenvalue weighted by atomic mass is 9.89. The monoisotopic (exact) mass is 414 g/mol. The van der Waals surface area contributed by atoms with Gasteiger partial charge in [0.2, 0.25) is 0 Å². The van der Waals surface area contributed by atoms with Crippen molar-refractivity contribution in [3.05, 3.63) is 57.4 Å². The van der Waals surface area contributed by atoms with Crippen LogP contribution in [0.2, 0.25) is 5.02 Å². The number of halogens is 2. The van der Waals surface area contributed by atoms with E-state index in [4.69, 9.17) is 26.1 Å². The highest BCUT2D eigenvalue weighted by Crippen LogP contribution is 2.46. The van der Waals surface area contributed by atoms with Crippen LogP contribution in [0.4, 0.5) is 4.39 Å². The Morgan fingerprint density at radius 2 is 2.00 bits per heavy atom. The first-order valence-electron chi connectivity index (χ1n) is 8.59. The molecule has 0 amide bonds. The molecule has 0 bridgehead atoms. The number of benzene rings is 2. The van der Waals surface area contributed by atoms with Gasteiger partial charge in [-0.2, -0.15) is 0 Å². The second kappa shape index (κ2) is 7.44. The molecule has 2 aromatic rings. The summed E-state index contributed by atoms with van der Waals surface area (Å²) in [6.07, 6.45) is 0.566.